The number of rotatable bonds is 5. The van der Waals surface area contributed by atoms with Crippen LogP contribution < -0.4 is 4.74 Å². The van der Waals surface area contributed by atoms with Crippen LogP contribution in [0.2, 0.25) is 0 Å². The predicted octanol–water partition coefficient (Wildman–Crippen LogP) is 2.92. The van der Waals surface area contributed by atoms with Crippen molar-refractivity contribution in [2.45, 2.75) is 6.61 Å². The molecule has 2 rings (SSSR count). The van der Waals surface area contributed by atoms with E-state index in [4.69, 9.17) is 14.9 Å². The molecule has 2 aromatic rings. The van der Waals surface area contributed by atoms with Crippen molar-refractivity contribution in [1.82, 2.24) is 4.98 Å². The highest BCUT2D eigenvalue weighted by molar-refractivity contribution is 5.88. The lowest BCUT2D eigenvalue weighted by Gasteiger charge is -2.07. The highest BCUT2D eigenvalue weighted by Crippen LogP contribution is 2.15. The molecule has 1 aromatic carbocycles. The molecule has 0 fully saturated rings. The lowest BCUT2D eigenvalue weighted by Crippen LogP contribution is -2.00. The number of nitrogens with zero attached hydrogens (tertiary/aromatic N) is 1. The second kappa shape index (κ2) is 6.66. The molecule has 0 saturated heterocycles. The van der Waals surface area contributed by atoms with Crippen LogP contribution in [0.1, 0.15) is 11.3 Å². The number of aliphatic hydroxyl groups excluding tert-OH is 1. The summed E-state index contributed by atoms with van der Waals surface area (Å²) in [6, 6.07) is 6.08. The van der Waals surface area contributed by atoms with Gasteiger partial charge in [-0.15, -0.1) is 0 Å². The Labute approximate surface area is 124 Å². The molecule has 0 bridgehead atoms. The summed E-state index contributed by atoms with van der Waals surface area (Å²) in [6.45, 7) is -0.108. The Morgan fingerprint density at radius 1 is 1.23 bits per heavy atom. The van der Waals surface area contributed by atoms with Crippen LogP contribution in [0.5, 0.6) is 5.75 Å². The van der Waals surface area contributed by atoms with Gasteiger partial charge in [0.2, 0.25) is 5.76 Å². The fourth-order valence-corrected chi connectivity index (χ4v) is 1.56. The van der Waals surface area contributed by atoms with Crippen LogP contribution in [0.15, 0.2) is 42.3 Å². The molecule has 0 saturated carbocycles. The maximum Gasteiger partial charge on any atom is 0.371 e. The van der Waals surface area contributed by atoms with Crippen LogP contribution in [-0.4, -0.2) is 21.2 Å². The van der Waals surface area contributed by atoms with Gasteiger partial charge in [-0.05, 0) is 24.3 Å². The highest BCUT2D eigenvalue weighted by Gasteiger charge is 2.06. The maximum atomic E-state index is 13.4. The average molecular weight is 307 g/mol. The van der Waals surface area contributed by atoms with Gasteiger partial charge in [0.05, 0.1) is 11.9 Å². The molecular weight excluding hydrogens is 296 g/mol. The molecule has 0 radical (unpaired) electrons. The largest absolute Gasteiger partial charge is 0.502 e. The molecule has 5 nitrogen and oxygen atoms in total. The molecule has 114 valence electrons. The Bertz CT molecular complexity index is 714. The summed E-state index contributed by atoms with van der Waals surface area (Å²) >= 11 is 0. The summed E-state index contributed by atoms with van der Waals surface area (Å²) in [5, 5.41) is 17.6. The SMILES string of the molecule is O=C(O)/C(O)=C/c1ccc(OCc2ccc(F)cc2F)cn1. The summed E-state index contributed by atoms with van der Waals surface area (Å²) in [5.41, 5.74) is 0.411. The molecule has 7 heteroatoms. The molecule has 1 heterocycles. The van der Waals surface area contributed by atoms with Crippen LogP contribution in [-0.2, 0) is 11.4 Å². The Morgan fingerprint density at radius 3 is 2.59 bits per heavy atom. The van der Waals surface area contributed by atoms with Gasteiger partial charge in [0.15, 0.2) is 0 Å². The number of hydrogen-bond acceptors (Lipinski definition) is 4. The Kier molecular flexibility index (Phi) is 4.67. The molecular formula is C15H11F2NO4. The summed E-state index contributed by atoms with van der Waals surface area (Å²) in [5.74, 6) is -3.37. The summed E-state index contributed by atoms with van der Waals surface area (Å²) in [4.78, 5) is 14.3. The van der Waals surface area contributed by atoms with Gasteiger partial charge in [-0.2, -0.15) is 0 Å². The Balaban J connectivity index is 2.02. The second-order valence-corrected chi connectivity index (χ2v) is 4.28. The summed E-state index contributed by atoms with van der Waals surface area (Å²) in [7, 11) is 0. The van der Waals surface area contributed by atoms with E-state index < -0.39 is 23.4 Å². The lowest BCUT2D eigenvalue weighted by atomic mass is 10.2. The molecule has 2 N–H and O–H groups in total. The normalized spacial score (nSPS) is 11.3. The number of aromatic nitrogens is 1. The van der Waals surface area contributed by atoms with Gasteiger partial charge >= 0.3 is 5.97 Å². The van der Waals surface area contributed by atoms with Crippen molar-refractivity contribution in [2.24, 2.45) is 0 Å². The predicted molar refractivity (Wildman–Crippen MR) is 73.2 cm³/mol. The van der Waals surface area contributed by atoms with E-state index in [0.717, 1.165) is 18.2 Å². The van der Waals surface area contributed by atoms with Crippen LogP contribution in [0.3, 0.4) is 0 Å². The van der Waals surface area contributed by atoms with E-state index in [1.165, 1.54) is 24.4 Å². The first-order chi connectivity index (χ1) is 10.5. The van der Waals surface area contributed by atoms with Crippen molar-refractivity contribution in [3.8, 4) is 5.75 Å². The van der Waals surface area contributed by atoms with E-state index in [9.17, 15) is 13.6 Å². The van der Waals surface area contributed by atoms with E-state index in [2.05, 4.69) is 4.98 Å². The van der Waals surface area contributed by atoms with E-state index in [1.54, 1.807) is 0 Å². The minimum atomic E-state index is -1.46. The van der Waals surface area contributed by atoms with Gasteiger partial charge in [-0.25, -0.2) is 13.6 Å². The Hall–Kier alpha value is -2.96. The number of aliphatic hydroxyl groups is 1. The quantitative estimate of drug-likeness (QED) is 0.656. The molecule has 0 aliphatic heterocycles. The molecule has 0 aliphatic rings. The minimum absolute atomic E-state index is 0.108. The number of carbonyl (C=O) groups is 1. The van der Waals surface area contributed by atoms with Crippen LogP contribution in [0.4, 0.5) is 8.78 Å². The van der Waals surface area contributed by atoms with E-state index >= 15 is 0 Å². The van der Waals surface area contributed by atoms with Crippen molar-refractivity contribution in [3.05, 3.63) is 65.2 Å². The number of carboxylic acid groups (broad SMARTS) is 1. The number of benzene rings is 1. The zero-order valence-corrected chi connectivity index (χ0v) is 11.2. The monoisotopic (exact) mass is 307 g/mol. The average Bonchev–Trinajstić information content (AvgIpc) is 2.47. The molecule has 1 aromatic heterocycles. The van der Waals surface area contributed by atoms with E-state index in [1.807, 2.05) is 0 Å². The fraction of sp³-hybridized carbons (Fsp3) is 0.0667. The molecule has 0 amide bonds. The zero-order valence-electron chi connectivity index (χ0n) is 11.2. The number of aliphatic carboxylic acids is 1. The van der Waals surface area contributed by atoms with E-state index in [-0.39, 0.29) is 17.9 Å². The van der Waals surface area contributed by atoms with E-state index in [0.29, 0.717) is 5.75 Å². The number of pyridine rings is 1. The van der Waals surface area contributed by atoms with Crippen molar-refractivity contribution in [2.75, 3.05) is 0 Å². The third kappa shape index (κ3) is 4.02. The van der Waals surface area contributed by atoms with Crippen molar-refractivity contribution in [3.63, 3.8) is 0 Å². The smallest absolute Gasteiger partial charge is 0.371 e. The topological polar surface area (TPSA) is 79.7 Å². The van der Waals surface area contributed by atoms with Crippen molar-refractivity contribution in [1.29, 1.82) is 0 Å². The van der Waals surface area contributed by atoms with Crippen LogP contribution in [0, 0.1) is 11.6 Å². The lowest BCUT2D eigenvalue weighted by molar-refractivity contribution is -0.135. The van der Waals surface area contributed by atoms with Gasteiger partial charge in [0.25, 0.3) is 0 Å². The third-order valence-electron chi connectivity index (χ3n) is 2.67. The van der Waals surface area contributed by atoms with Crippen molar-refractivity contribution >= 4 is 12.0 Å². The van der Waals surface area contributed by atoms with Gasteiger partial charge < -0.3 is 14.9 Å². The van der Waals surface area contributed by atoms with Gasteiger partial charge in [0.1, 0.15) is 24.0 Å². The molecule has 0 atom stereocenters. The molecule has 0 aliphatic carbocycles. The van der Waals surface area contributed by atoms with Gasteiger partial charge in [0, 0.05) is 17.7 Å². The second-order valence-electron chi connectivity index (χ2n) is 4.28. The van der Waals surface area contributed by atoms with Gasteiger partial charge in [-0.1, -0.05) is 0 Å². The molecule has 0 spiro atoms. The third-order valence-corrected chi connectivity index (χ3v) is 2.67. The first-order valence-electron chi connectivity index (χ1n) is 6.12. The fourth-order valence-electron chi connectivity index (χ4n) is 1.56. The molecule has 0 unspecified atom stereocenters. The summed E-state index contributed by atoms with van der Waals surface area (Å²) in [6.07, 6.45) is 2.27. The minimum Gasteiger partial charge on any atom is -0.502 e. The van der Waals surface area contributed by atoms with Crippen molar-refractivity contribution < 1.29 is 28.5 Å². The number of hydrogen-bond donors (Lipinski definition) is 2. The number of ether oxygens (including phenoxy) is 1. The maximum absolute atomic E-state index is 13.4. The highest BCUT2D eigenvalue weighted by atomic mass is 19.1. The van der Waals surface area contributed by atoms with Gasteiger partial charge in [-0.3, -0.25) is 4.98 Å². The zero-order chi connectivity index (χ0) is 16.1. The molecule has 22 heavy (non-hydrogen) atoms. The summed E-state index contributed by atoms with van der Waals surface area (Å²) < 4.78 is 31.5. The van der Waals surface area contributed by atoms with Crippen LogP contribution in [0.25, 0.3) is 6.08 Å². The van der Waals surface area contributed by atoms with Crippen LogP contribution >= 0.6 is 0 Å². The number of carboxylic acids is 1. The first kappa shape index (κ1) is 15.4. The number of halogens is 2. The Morgan fingerprint density at radius 2 is 2.00 bits per heavy atom. The first-order valence-corrected chi connectivity index (χ1v) is 6.12. The standard InChI is InChI=1S/C15H11F2NO4/c16-10-2-1-9(13(17)5-10)8-22-12-4-3-11(18-7-12)6-14(19)15(20)21/h1-7,19H,8H2,(H,20,21)/b14-6-.